The Morgan fingerprint density at radius 1 is 1.32 bits per heavy atom. The van der Waals surface area contributed by atoms with Gasteiger partial charge in [-0.05, 0) is 40.9 Å². The molecule has 1 spiro atoms. The highest BCUT2D eigenvalue weighted by Crippen LogP contribution is 2.43. The first-order chi connectivity index (χ1) is 12.1. The van der Waals surface area contributed by atoms with Crippen molar-refractivity contribution in [1.82, 2.24) is 24.6 Å². The van der Waals surface area contributed by atoms with Gasteiger partial charge in [0.15, 0.2) is 0 Å². The first-order valence-electron chi connectivity index (χ1n) is 8.25. The molecule has 0 bridgehead atoms. The Morgan fingerprint density at radius 3 is 2.96 bits per heavy atom. The lowest BCUT2D eigenvalue weighted by Gasteiger charge is -2.21. The number of pyridine rings is 1. The van der Waals surface area contributed by atoms with Crippen LogP contribution in [0, 0.1) is 0 Å². The summed E-state index contributed by atoms with van der Waals surface area (Å²) in [6, 6.07) is 4.19. The molecule has 2 aliphatic heterocycles. The monoisotopic (exact) mass is 401 g/mol. The summed E-state index contributed by atoms with van der Waals surface area (Å²) in [5.74, 6) is 0. The molecule has 2 aliphatic rings. The van der Waals surface area contributed by atoms with Gasteiger partial charge in [0.25, 0.3) is 0 Å². The van der Waals surface area contributed by atoms with E-state index < -0.39 is 6.09 Å². The normalized spacial score (nSPS) is 22.2. The van der Waals surface area contributed by atoms with E-state index in [1.807, 2.05) is 17.1 Å². The molecule has 0 aliphatic carbocycles. The minimum atomic E-state index is -0.831. The summed E-state index contributed by atoms with van der Waals surface area (Å²) in [7, 11) is 0. The number of hydrogen-bond donors (Lipinski definition) is 2. The van der Waals surface area contributed by atoms with Crippen LogP contribution in [-0.2, 0) is 12.0 Å². The summed E-state index contributed by atoms with van der Waals surface area (Å²) in [5, 5.41) is 15.1. The van der Waals surface area contributed by atoms with Crippen LogP contribution in [0.1, 0.15) is 18.5 Å². The van der Waals surface area contributed by atoms with Crippen molar-refractivity contribution in [2.45, 2.75) is 24.8 Å². The van der Waals surface area contributed by atoms with E-state index in [2.05, 4.69) is 38.0 Å². The Labute approximate surface area is 151 Å². The summed E-state index contributed by atoms with van der Waals surface area (Å²) in [6.45, 7) is 2.00. The van der Waals surface area contributed by atoms with Gasteiger partial charge in [-0.15, -0.1) is 0 Å². The molecule has 1 fully saturated rings. The van der Waals surface area contributed by atoms with E-state index in [1.165, 1.54) is 4.90 Å². The maximum atomic E-state index is 11.3. The molecule has 3 aromatic rings. The molecule has 0 saturated carbocycles. The molecule has 1 atom stereocenters. The van der Waals surface area contributed by atoms with Crippen molar-refractivity contribution in [3.8, 4) is 11.3 Å². The number of aryl methyl sites for hydroxylation is 1. The highest BCUT2D eigenvalue weighted by molar-refractivity contribution is 9.10. The smallest absolute Gasteiger partial charge is 0.407 e. The van der Waals surface area contributed by atoms with Gasteiger partial charge in [-0.1, -0.05) is 0 Å². The van der Waals surface area contributed by atoms with Crippen molar-refractivity contribution in [2.24, 2.45) is 0 Å². The van der Waals surface area contributed by atoms with Crippen LogP contribution >= 0.6 is 15.9 Å². The fourth-order valence-corrected chi connectivity index (χ4v) is 4.58. The average molecular weight is 402 g/mol. The Balaban J connectivity index is 1.54. The lowest BCUT2D eigenvalue weighted by atomic mass is 9.82. The third kappa shape index (κ3) is 2.13. The number of aromatic nitrogens is 4. The van der Waals surface area contributed by atoms with Gasteiger partial charge in [0.2, 0.25) is 0 Å². The molecule has 0 radical (unpaired) electrons. The van der Waals surface area contributed by atoms with Crippen LogP contribution in [0.15, 0.2) is 29.0 Å². The van der Waals surface area contributed by atoms with Gasteiger partial charge in [-0.25, -0.2) is 9.78 Å². The standard InChI is InChI=1S/C17H16BrN5O2/c18-12-8-20-15-11(12)5-10(7-19-15)13-6-14-17(2-4-23(14)21-13)1-3-22(9-17)16(24)25/h5-8H,1-4,9H2,(H,19,20)(H,24,25). The number of carbonyl (C=O) groups is 1. The zero-order chi connectivity index (χ0) is 17.2. The van der Waals surface area contributed by atoms with Gasteiger partial charge in [0.1, 0.15) is 5.65 Å². The van der Waals surface area contributed by atoms with E-state index in [1.54, 1.807) is 0 Å². The number of nitrogens with one attached hydrogen (secondary N) is 1. The first-order valence-corrected chi connectivity index (χ1v) is 9.04. The van der Waals surface area contributed by atoms with Crippen molar-refractivity contribution in [1.29, 1.82) is 0 Å². The minimum Gasteiger partial charge on any atom is -0.465 e. The maximum Gasteiger partial charge on any atom is 0.407 e. The predicted molar refractivity (Wildman–Crippen MR) is 95.5 cm³/mol. The Morgan fingerprint density at radius 2 is 2.16 bits per heavy atom. The van der Waals surface area contributed by atoms with Crippen molar-refractivity contribution in [3.05, 3.63) is 34.7 Å². The zero-order valence-electron chi connectivity index (χ0n) is 13.4. The molecule has 8 heteroatoms. The molecule has 3 aromatic heterocycles. The molecular weight excluding hydrogens is 386 g/mol. The van der Waals surface area contributed by atoms with E-state index in [9.17, 15) is 9.90 Å². The highest BCUT2D eigenvalue weighted by Gasteiger charge is 2.46. The van der Waals surface area contributed by atoms with Gasteiger partial charge < -0.3 is 15.0 Å². The van der Waals surface area contributed by atoms with Crippen LogP contribution in [0.5, 0.6) is 0 Å². The molecule has 7 nitrogen and oxygen atoms in total. The largest absolute Gasteiger partial charge is 0.465 e. The summed E-state index contributed by atoms with van der Waals surface area (Å²) >= 11 is 3.53. The topological polar surface area (TPSA) is 87.0 Å². The predicted octanol–water partition coefficient (Wildman–Crippen LogP) is 3.21. The van der Waals surface area contributed by atoms with E-state index >= 15 is 0 Å². The van der Waals surface area contributed by atoms with Crippen LogP contribution in [-0.4, -0.2) is 48.9 Å². The SMILES string of the molecule is O=C(O)N1CCC2(CCn3nc(-c4cnc5[nH]cc(Br)c5c4)cc32)C1. The molecule has 128 valence electrons. The third-order valence-corrected chi connectivity index (χ3v) is 6.18. The second kappa shape index (κ2) is 5.08. The highest BCUT2D eigenvalue weighted by atomic mass is 79.9. The molecule has 2 N–H and O–H groups in total. The number of aromatic amines is 1. The number of fused-ring (bicyclic) bond motifs is 3. The molecular formula is C17H16BrN5O2. The van der Waals surface area contributed by atoms with E-state index in [0.717, 1.165) is 51.8 Å². The Bertz CT molecular complexity index is 1010. The number of hydrogen-bond acceptors (Lipinski definition) is 3. The van der Waals surface area contributed by atoms with E-state index in [4.69, 9.17) is 5.10 Å². The van der Waals surface area contributed by atoms with Crippen molar-refractivity contribution < 1.29 is 9.90 Å². The van der Waals surface area contributed by atoms with Crippen molar-refractivity contribution in [3.63, 3.8) is 0 Å². The van der Waals surface area contributed by atoms with Crippen molar-refractivity contribution >= 4 is 33.1 Å². The summed E-state index contributed by atoms with van der Waals surface area (Å²) in [6.07, 6.45) is 4.70. The molecule has 5 heterocycles. The summed E-state index contributed by atoms with van der Waals surface area (Å²) in [4.78, 5) is 20.4. The van der Waals surface area contributed by atoms with E-state index in [-0.39, 0.29) is 5.41 Å². The van der Waals surface area contributed by atoms with Crippen LogP contribution in [0.4, 0.5) is 4.79 Å². The third-order valence-electron chi connectivity index (χ3n) is 5.53. The second-order valence-electron chi connectivity index (χ2n) is 6.88. The number of nitrogens with zero attached hydrogens (tertiary/aromatic N) is 4. The average Bonchev–Trinajstić information content (AvgIpc) is 3.34. The fraction of sp³-hybridized carbons (Fsp3) is 0.353. The maximum absolute atomic E-state index is 11.3. The number of H-pyrrole nitrogens is 1. The van der Waals surface area contributed by atoms with Crippen LogP contribution in [0.3, 0.4) is 0 Å². The van der Waals surface area contributed by atoms with Gasteiger partial charge in [0, 0.05) is 58.6 Å². The number of likely N-dealkylation sites (tertiary alicyclic amines) is 1. The Hall–Kier alpha value is -2.35. The van der Waals surface area contributed by atoms with Crippen molar-refractivity contribution in [2.75, 3.05) is 13.1 Å². The molecule has 0 aromatic carbocycles. The van der Waals surface area contributed by atoms with Crippen LogP contribution < -0.4 is 0 Å². The molecule has 1 unspecified atom stereocenters. The Kier molecular flexibility index (Phi) is 3.03. The van der Waals surface area contributed by atoms with E-state index in [0.29, 0.717) is 13.1 Å². The number of halogens is 1. The van der Waals surface area contributed by atoms with Gasteiger partial charge in [-0.2, -0.15) is 5.10 Å². The van der Waals surface area contributed by atoms with Gasteiger partial charge in [-0.3, -0.25) is 4.68 Å². The van der Waals surface area contributed by atoms with Gasteiger partial charge in [0.05, 0.1) is 5.69 Å². The van der Waals surface area contributed by atoms with Gasteiger partial charge >= 0.3 is 6.09 Å². The first kappa shape index (κ1) is 14.9. The fourth-order valence-electron chi connectivity index (χ4n) is 4.16. The summed E-state index contributed by atoms with van der Waals surface area (Å²) in [5.41, 5.74) is 3.77. The molecule has 1 amide bonds. The molecule has 1 saturated heterocycles. The van der Waals surface area contributed by atoms with Crippen LogP contribution in [0.25, 0.3) is 22.3 Å². The number of carboxylic acid groups (broad SMARTS) is 1. The lowest BCUT2D eigenvalue weighted by Crippen LogP contribution is -2.32. The zero-order valence-corrected chi connectivity index (χ0v) is 15.0. The quantitative estimate of drug-likeness (QED) is 0.655. The second-order valence-corrected chi connectivity index (χ2v) is 7.73. The van der Waals surface area contributed by atoms with Crippen LogP contribution in [0.2, 0.25) is 0 Å². The molecule has 5 rings (SSSR count). The number of rotatable bonds is 1. The summed E-state index contributed by atoms with van der Waals surface area (Å²) < 4.78 is 3.02. The number of amides is 1. The molecule has 25 heavy (non-hydrogen) atoms. The lowest BCUT2D eigenvalue weighted by molar-refractivity contribution is 0.153. The minimum absolute atomic E-state index is 0.0875.